The quantitative estimate of drug-likeness (QED) is 0.253. The smallest absolute Gasteiger partial charge is 0.373 e. The van der Waals surface area contributed by atoms with E-state index in [1.807, 2.05) is 54.6 Å². The van der Waals surface area contributed by atoms with Gasteiger partial charge in [0.2, 0.25) is 0 Å². The van der Waals surface area contributed by atoms with E-state index >= 15 is 0 Å². The number of benzene rings is 2. The van der Waals surface area contributed by atoms with E-state index in [0.29, 0.717) is 0 Å². The number of nitrogens with zero attached hydrogens (tertiary/aromatic N) is 2. The SMILES string of the molecule is CN(CCS(=O)(=O)OCC(F)(F)F)c1ccc(/C=C2/CCC(C(=S)Nc3ccccc3)=C2N2CCCCC2)cc1. The number of thiocarbonyl (C=S) groups is 1. The molecule has 0 atom stereocenters. The molecule has 216 valence electrons. The van der Waals surface area contributed by atoms with Crippen LogP contribution in [0.2, 0.25) is 0 Å². The first kappa shape index (κ1) is 30.1. The Labute approximate surface area is 239 Å². The monoisotopic (exact) mass is 593 g/mol. The number of alkyl halides is 3. The minimum Gasteiger partial charge on any atom is -0.373 e. The summed E-state index contributed by atoms with van der Waals surface area (Å²) in [5.41, 5.74) is 6.35. The maximum atomic E-state index is 12.3. The fourth-order valence-corrected chi connectivity index (χ4v) is 6.16. The molecular weight excluding hydrogens is 559 g/mol. The highest BCUT2D eigenvalue weighted by atomic mass is 32.2. The number of rotatable bonds is 10. The molecule has 0 amide bonds. The van der Waals surface area contributed by atoms with E-state index in [1.54, 1.807) is 11.9 Å². The highest BCUT2D eigenvalue weighted by Crippen LogP contribution is 2.37. The van der Waals surface area contributed by atoms with Crippen LogP contribution in [-0.4, -0.2) is 63.5 Å². The van der Waals surface area contributed by atoms with Gasteiger partial charge in [-0.2, -0.15) is 21.6 Å². The molecular formula is C29H34F3N3O3S2. The third-order valence-electron chi connectivity index (χ3n) is 6.97. The summed E-state index contributed by atoms with van der Waals surface area (Å²) in [6.07, 6.45) is 2.77. The van der Waals surface area contributed by atoms with Crippen LogP contribution in [0.25, 0.3) is 6.08 Å². The van der Waals surface area contributed by atoms with E-state index in [9.17, 15) is 21.6 Å². The number of allylic oxidation sites excluding steroid dienone is 1. The highest BCUT2D eigenvalue weighted by Gasteiger charge is 2.31. The Morgan fingerprint density at radius 1 is 1.05 bits per heavy atom. The number of anilines is 2. The molecule has 2 aromatic rings. The molecule has 1 aliphatic heterocycles. The summed E-state index contributed by atoms with van der Waals surface area (Å²) >= 11 is 5.86. The predicted molar refractivity (Wildman–Crippen MR) is 158 cm³/mol. The lowest BCUT2D eigenvalue weighted by Crippen LogP contribution is -2.31. The normalized spacial score (nSPS) is 17.4. The average Bonchev–Trinajstić information content (AvgIpc) is 3.35. The van der Waals surface area contributed by atoms with Crippen LogP contribution in [0.15, 0.2) is 71.4 Å². The van der Waals surface area contributed by atoms with E-state index < -0.39 is 28.7 Å². The number of halogens is 3. The third-order valence-corrected chi connectivity index (χ3v) is 8.47. The van der Waals surface area contributed by atoms with Gasteiger partial charge in [0.15, 0.2) is 6.61 Å². The molecule has 0 saturated carbocycles. The standard InChI is InChI=1S/C29H34F3N3O3S2/c1-34(18-19-40(36,37)38-21-29(30,31)32)25-13-10-22(11-14-25)20-23-12-15-26(27(23)35-16-6-3-7-17-35)28(39)33-24-8-4-2-5-9-24/h2,4-5,8-11,13-14,20H,3,6-7,12,15-19,21H2,1H3,(H,33,39)/b23-20-. The minimum atomic E-state index is -4.70. The van der Waals surface area contributed by atoms with Gasteiger partial charge in [0, 0.05) is 49.3 Å². The molecule has 1 aliphatic carbocycles. The number of para-hydroxylation sites is 1. The van der Waals surface area contributed by atoms with Crippen molar-refractivity contribution in [1.29, 1.82) is 0 Å². The molecule has 0 radical (unpaired) electrons. The van der Waals surface area contributed by atoms with E-state index in [4.69, 9.17) is 12.2 Å². The molecule has 4 rings (SSSR count). The molecule has 1 N–H and O–H groups in total. The zero-order valence-electron chi connectivity index (χ0n) is 22.4. The zero-order chi connectivity index (χ0) is 28.8. The van der Waals surface area contributed by atoms with Gasteiger partial charge in [-0.3, -0.25) is 4.18 Å². The van der Waals surface area contributed by atoms with E-state index in [-0.39, 0.29) is 6.54 Å². The molecule has 0 bridgehead atoms. The lowest BCUT2D eigenvalue weighted by Gasteiger charge is -2.32. The van der Waals surface area contributed by atoms with Crippen LogP contribution in [0, 0.1) is 0 Å². The van der Waals surface area contributed by atoms with E-state index in [1.165, 1.54) is 17.7 Å². The first-order valence-corrected chi connectivity index (χ1v) is 15.3. The molecule has 0 unspecified atom stereocenters. The van der Waals surface area contributed by atoms with Crippen molar-refractivity contribution in [3.8, 4) is 0 Å². The summed E-state index contributed by atoms with van der Waals surface area (Å²) in [6, 6.07) is 17.6. The first-order valence-electron chi connectivity index (χ1n) is 13.3. The first-order chi connectivity index (χ1) is 19.0. The summed E-state index contributed by atoms with van der Waals surface area (Å²) in [7, 11) is -2.60. The Hall–Kier alpha value is -2.89. The van der Waals surface area contributed by atoms with Crippen molar-refractivity contribution in [3.63, 3.8) is 0 Å². The second-order valence-corrected chi connectivity index (χ2v) is 12.2. The third kappa shape index (κ3) is 8.55. The summed E-state index contributed by atoms with van der Waals surface area (Å²) in [5.74, 6) is -0.547. The zero-order valence-corrected chi connectivity index (χ0v) is 24.0. The second-order valence-electron chi connectivity index (χ2n) is 10.0. The predicted octanol–water partition coefficient (Wildman–Crippen LogP) is 6.39. The molecule has 11 heteroatoms. The molecule has 2 aromatic carbocycles. The number of hydrogen-bond donors (Lipinski definition) is 1. The van der Waals surface area contributed by atoms with Gasteiger partial charge in [0.05, 0.1) is 5.75 Å². The largest absolute Gasteiger partial charge is 0.413 e. The summed E-state index contributed by atoms with van der Waals surface area (Å²) in [6.45, 7) is 0.190. The van der Waals surface area contributed by atoms with Gasteiger partial charge in [-0.1, -0.05) is 42.5 Å². The lowest BCUT2D eigenvalue weighted by atomic mass is 10.0. The lowest BCUT2D eigenvalue weighted by molar-refractivity contribution is -0.152. The average molecular weight is 594 g/mol. The van der Waals surface area contributed by atoms with E-state index in [0.717, 1.165) is 66.3 Å². The minimum absolute atomic E-state index is 0.00229. The number of nitrogens with one attached hydrogen (secondary N) is 1. The Balaban J connectivity index is 1.47. The molecule has 0 aromatic heterocycles. The molecule has 1 heterocycles. The Morgan fingerprint density at radius 3 is 2.38 bits per heavy atom. The summed E-state index contributed by atoms with van der Waals surface area (Å²) < 4.78 is 64.6. The number of likely N-dealkylation sites (tertiary alicyclic amines) is 1. The summed E-state index contributed by atoms with van der Waals surface area (Å²) in [5, 5.41) is 3.40. The van der Waals surface area contributed by atoms with Gasteiger partial charge in [-0.05, 0) is 73.6 Å². The highest BCUT2D eigenvalue weighted by molar-refractivity contribution is 7.86. The number of piperidine rings is 1. The topological polar surface area (TPSA) is 61.9 Å². The van der Waals surface area contributed by atoms with Crippen LogP contribution in [-0.2, 0) is 14.3 Å². The Bertz CT molecular complexity index is 1340. The van der Waals surface area contributed by atoms with Crippen LogP contribution in [0.4, 0.5) is 24.5 Å². The molecule has 1 saturated heterocycles. The number of hydrogen-bond acceptors (Lipinski definition) is 6. The van der Waals surface area contributed by atoms with Crippen molar-refractivity contribution in [3.05, 3.63) is 77.0 Å². The maximum Gasteiger partial charge on any atom is 0.413 e. The van der Waals surface area contributed by atoms with Gasteiger partial charge < -0.3 is 15.1 Å². The van der Waals surface area contributed by atoms with Crippen molar-refractivity contribution >= 4 is 44.8 Å². The summed E-state index contributed by atoms with van der Waals surface area (Å²) in [4.78, 5) is 4.88. The Kier molecular flexibility index (Phi) is 9.91. The van der Waals surface area contributed by atoms with Gasteiger partial charge in [0.1, 0.15) is 4.99 Å². The van der Waals surface area contributed by atoms with Gasteiger partial charge >= 0.3 is 6.18 Å². The van der Waals surface area contributed by atoms with Crippen molar-refractivity contribution < 1.29 is 25.8 Å². The van der Waals surface area contributed by atoms with Crippen LogP contribution in [0.3, 0.4) is 0 Å². The molecule has 6 nitrogen and oxygen atoms in total. The van der Waals surface area contributed by atoms with Crippen LogP contribution >= 0.6 is 12.2 Å². The fourth-order valence-electron chi connectivity index (χ4n) is 4.91. The molecule has 40 heavy (non-hydrogen) atoms. The van der Waals surface area contributed by atoms with Crippen molar-refractivity contribution in [1.82, 2.24) is 4.90 Å². The Morgan fingerprint density at radius 2 is 1.73 bits per heavy atom. The van der Waals surface area contributed by atoms with Crippen LogP contribution in [0.1, 0.15) is 37.7 Å². The van der Waals surface area contributed by atoms with Gasteiger partial charge in [-0.25, -0.2) is 0 Å². The van der Waals surface area contributed by atoms with Crippen molar-refractivity contribution in [2.75, 3.05) is 49.3 Å². The van der Waals surface area contributed by atoms with E-state index in [2.05, 4.69) is 20.5 Å². The van der Waals surface area contributed by atoms with Crippen molar-refractivity contribution in [2.45, 2.75) is 38.3 Å². The van der Waals surface area contributed by atoms with Crippen molar-refractivity contribution in [2.24, 2.45) is 0 Å². The maximum absolute atomic E-state index is 12.3. The van der Waals surface area contributed by atoms with Gasteiger partial charge in [0.25, 0.3) is 10.1 Å². The van der Waals surface area contributed by atoms with Gasteiger partial charge in [-0.15, -0.1) is 0 Å². The molecule has 2 aliphatic rings. The van der Waals surface area contributed by atoms with Crippen LogP contribution in [0.5, 0.6) is 0 Å². The second kappa shape index (κ2) is 13.2. The fraction of sp³-hybridized carbons (Fsp3) is 0.414. The molecule has 1 fully saturated rings. The van der Waals surface area contributed by atoms with Crippen LogP contribution < -0.4 is 10.2 Å². The molecule has 0 spiro atoms.